The molecule has 0 unspecified atom stereocenters. The third-order valence-corrected chi connectivity index (χ3v) is 4.66. The van der Waals surface area contributed by atoms with Gasteiger partial charge in [-0.2, -0.15) is 0 Å². The molecule has 2 aromatic rings. The first-order valence-electron chi connectivity index (χ1n) is 6.74. The summed E-state index contributed by atoms with van der Waals surface area (Å²) in [6.07, 6.45) is 2.56. The van der Waals surface area contributed by atoms with Crippen molar-refractivity contribution in [2.45, 2.75) is 6.42 Å². The molecular weight excluding hydrogens is 412 g/mol. The Bertz CT molecular complexity index is 820. The second-order valence-electron chi connectivity index (χ2n) is 5.24. The summed E-state index contributed by atoms with van der Waals surface area (Å²) in [5.41, 5.74) is 3.47. The molecule has 5 heteroatoms. The Labute approximate surface area is 144 Å². The maximum Gasteiger partial charge on any atom is 0.231 e. The second-order valence-corrected chi connectivity index (χ2v) is 7.07. The second kappa shape index (κ2) is 5.25. The van der Waals surface area contributed by atoms with Crippen molar-refractivity contribution in [1.82, 2.24) is 0 Å². The number of ketones is 1. The lowest BCUT2D eigenvalue weighted by molar-refractivity contribution is 0.104. The Hall–Kier alpha value is -1.59. The van der Waals surface area contributed by atoms with E-state index in [0.717, 1.165) is 31.4 Å². The van der Waals surface area contributed by atoms with Gasteiger partial charge in [-0.3, -0.25) is 4.79 Å². The van der Waals surface area contributed by atoms with Crippen molar-refractivity contribution in [2.24, 2.45) is 0 Å². The van der Waals surface area contributed by atoms with Crippen molar-refractivity contribution in [3.05, 3.63) is 61.5 Å². The van der Waals surface area contributed by atoms with Gasteiger partial charge in [0, 0.05) is 26.5 Å². The van der Waals surface area contributed by atoms with Crippen molar-refractivity contribution in [3.63, 3.8) is 0 Å². The first-order valence-corrected chi connectivity index (χ1v) is 8.32. The zero-order valence-electron chi connectivity index (χ0n) is 11.4. The lowest BCUT2D eigenvalue weighted by Crippen LogP contribution is -1.96. The molecule has 0 aromatic heterocycles. The van der Waals surface area contributed by atoms with Gasteiger partial charge in [0.2, 0.25) is 6.79 Å². The number of Topliss-reactive ketones (excluding diaryl/α,β-unsaturated/α-hetero) is 1. The molecule has 4 rings (SSSR count). The smallest absolute Gasteiger partial charge is 0.231 e. The molecule has 0 bridgehead atoms. The van der Waals surface area contributed by atoms with Gasteiger partial charge in [0.25, 0.3) is 0 Å². The molecule has 0 fully saturated rings. The van der Waals surface area contributed by atoms with E-state index in [4.69, 9.17) is 9.47 Å². The number of hydrogen-bond donors (Lipinski definition) is 0. The molecule has 1 aliphatic heterocycles. The lowest BCUT2D eigenvalue weighted by atomic mass is 10.1. The molecule has 0 saturated carbocycles. The van der Waals surface area contributed by atoms with Crippen LogP contribution in [0.3, 0.4) is 0 Å². The molecule has 1 heterocycles. The van der Waals surface area contributed by atoms with Crippen molar-refractivity contribution >= 4 is 43.7 Å². The zero-order valence-corrected chi connectivity index (χ0v) is 14.5. The minimum absolute atomic E-state index is 0.0596. The van der Waals surface area contributed by atoms with Crippen LogP contribution in [0.1, 0.15) is 21.5 Å². The van der Waals surface area contributed by atoms with E-state index in [1.807, 2.05) is 30.3 Å². The molecule has 110 valence electrons. The van der Waals surface area contributed by atoms with Gasteiger partial charge >= 0.3 is 0 Å². The van der Waals surface area contributed by atoms with Crippen LogP contribution in [0.5, 0.6) is 11.5 Å². The fraction of sp³-hybridized carbons (Fsp3) is 0.118. The van der Waals surface area contributed by atoms with Crippen LogP contribution in [-0.4, -0.2) is 12.6 Å². The largest absolute Gasteiger partial charge is 0.454 e. The number of carbonyl (C=O) groups excluding carboxylic acids is 1. The summed E-state index contributed by atoms with van der Waals surface area (Å²) in [4.78, 5) is 12.6. The average Bonchev–Trinajstić information content (AvgIpc) is 3.01. The predicted molar refractivity (Wildman–Crippen MR) is 90.4 cm³/mol. The molecule has 0 spiro atoms. The van der Waals surface area contributed by atoms with E-state index < -0.39 is 0 Å². The molecular formula is C17H10Br2O3. The molecule has 3 nitrogen and oxygen atoms in total. The number of hydrogen-bond acceptors (Lipinski definition) is 3. The predicted octanol–water partition coefficient (Wildman–Crippen LogP) is 4.76. The van der Waals surface area contributed by atoms with E-state index in [2.05, 4.69) is 31.9 Å². The molecule has 0 atom stereocenters. The molecule has 0 saturated heterocycles. The van der Waals surface area contributed by atoms with Crippen LogP contribution in [0.15, 0.2) is 44.9 Å². The van der Waals surface area contributed by atoms with Crippen LogP contribution in [0, 0.1) is 0 Å². The summed E-state index contributed by atoms with van der Waals surface area (Å²) in [5, 5.41) is 0. The number of carbonyl (C=O) groups is 1. The monoisotopic (exact) mass is 420 g/mol. The van der Waals surface area contributed by atoms with Crippen LogP contribution in [0.25, 0.3) is 6.08 Å². The fourth-order valence-electron chi connectivity index (χ4n) is 2.78. The Morgan fingerprint density at radius 3 is 2.36 bits per heavy atom. The third-order valence-electron chi connectivity index (χ3n) is 3.74. The van der Waals surface area contributed by atoms with Gasteiger partial charge in [0.05, 0.1) is 0 Å². The van der Waals surface area contributed by atoms with Gasteiger partial charge in [-0.05, 0) is 47.5 Å². The van der Waals surface area contributed by atoms with Crippen LogP contribution in [0.2, 0.25) is 0 Å². The van der Waals surface area contributed by atoms with E-state index in [0.29, 0.717) is 17.7 Å². The van der Waals surface area contributed by atoms with Gasteiger partial charge in [0.1, 0.15) is 0 Å². The third kappa shape index (κ3) is 2.38. The van der Waals surface area contributed by atoms with Crippen LogP contribution < -0.4 is 9.47 Å². The normalized spacial score (nSPS) is 17.2. The summed E-state index contributed by atoms with van der Waals surface area (Å²) in [7, 11) is 0. The number of ether oxygens (including phenoxy) is 2. The van der Waals surface area contributed by atoms with Gasteiger partial charge in [-0.1, -0.05) is 31.9 Å². The molecule has 0 radical (unpaired) electrons. The van der Waals surface area contributed by atoms with Crippen molar-refractivity contribution in [3.8, 4) is 11.5 Å². The molecule has 0 N–H and O–H groups in total. The lowest BCUT2D eigenvalue weighted by Gasteiger charge is -2.00. The highest BCUT2D eigenvalue weighted by atomic mass is 79.9. The van der Waals surface area contributed by atoms with Gasteiger partial charge in [-0.15, -0.1) is 0 Å². The van der Waals surface area contributed by atoms with Crippen molar-refractivity contribution in [1.29, 1.82) is 0 Å². The maximum absolute atomic E-state index is 12.6. The van der Waals surface area contributed by atoms with Gasteiger partial charge in [0.15, 0.2) is 17.3 Å². The summed E-state index contributed by atoms with van der Waals surface area (Å²) in [6.45, 7) is 0.223. The Balaban J connectivity index is 1.73. The maximum atomic E-state index is 12.6. The number of fused-ring (bicyclic) bond motifs is 2. The quantitative estimate of drug-likeness (QED) is 0.622. The van der Waals surface area contributed by atoms with Crippen LogP contribution >= 0.6 is 31.9 Å². The Kier molecular flexibility index (Phi) is 3.35. The summed E-state index contributed by atoms with van der Waals surface area (Å²) in [5.74, 6) is 1.43. The minimum atomic E-state index is 0.0596. The van der Waals surface area contributed by atoms with E-state index in [9.17, 15) is 4.79 Å². The van der Waals surface area contributed by atoms with Gasteiger partial charge in [-0.25, -0.2) is 0 Å². The molecule has 2 aliphatic rings. The van der Waals surface area contributed by atoms with E-state index >= 15 is 0 Å². The number of benzene rings is 2. The minimum Gasteiger partial charge on any atom is -0.454 e. The Morgan fingerprint density at radius 1 is 0.955 bits per heavy atom. The number of rotatable bonds is 1. The fourth-order valence-corrected chi connectivity index (χ4v) is 4.11. The van der Waals surface area contributed by atoms with Gasteiger partial charge < -0.3 is 9.47 Å². The van der Waals surface area contributed by atoms with Crippen LogP contribution in [-0.2, 0) is 6.42 Å². The zero-order chi connectivity index (χ0) is 15.3. The van der Waals surface area contributed by atoms with Crippen molar-refractivity contribution in [2.75, 3.05) is 6.79 Å². The van der Waals surface area contributed by atoms with Crippen molar-refractivity contribution < 1.29 is 14.3 Å². The number of allylic oxidation sites excluding steroid dienone is 1. The summed E-state index contributed by atoms with van der Waals surface area (Å²) < 4.78 is 12.7. The first-order chi connectivity index (χ1) is 10.6. The van der Waals surface area contributed by atoms with E-state index in [1.54, 1.807) is 6.07 Å². The van der Waals surface area contributed by atoms with Crippen LogP contribution in [0.4, 0.5) is 0 Å². The number of halogens is 2. The first kappa shape index (κ1) is 14.0. The SMILES string of the molecule is O=C1/C(=C/c2cc(Br)cc(Br)c2)Cc2cc3c(cc21)OCO3. The highest BCUT2D eigenvalue weighted by Crippen LogP contribution is 2.39. The van der Waals surface area contributed by atoms with E-state index in [1.165, 1.54) is 0 Å². The molecule has 0 amide bonds. The van der Waals surface area contributed by atoms with E-state index in [-0.39, 0.29) is 12.6 Å². The summed E-state index contributed by atoms with van der Waals surface area (Å²) >= 11 is 6.93. The molecule has 2 aromatic carbocycles. The average molecular weight is 422 g/mol. The topological polar surface area (TPSA) is 35.5 Å². The highest BCUT2D eigenvalue weighted by molar-refractivity contribution is 9.11. The standard InChI is InChI=1S/C17H10Br2O3/c18-12-2-9(3-13(19)6-12)1-11-4-10-5-15-16(22-8-21-15)7-14(10)17(11)20/h1-3,5-7H,4,8H2/b11-1+. The Morgan fingerprint density at radius 2 is 1.64 bits per heavy atom. The summed E-state index contributed by atoms with van der Waals surface area (Å²) in [6, 6.07) is 9.64. The highest BCUT2D eigenvalue weighted by Gasteiger charge is 2.28. The molecule has 22 heavy (non-hydrogen) atoms. The molecule has 1 aliphatic carbocycles.